The number of methoxy groups -OCH3 is 2. The van der Waals surface area contributed by atoms with E-state index in [1.54, 1.807) is 21.3 Å². The molecule has 0 amide bonds. The Balaban J connectivity index is 0.00000312. The SMILES string of the molecule is CN=C(NCc1ccc(Cl)cc1)NCc1ccc(OC)c(OC)c1.I. The molecule has 0 atom stereocenters. The Bertz CT molecular complexity index is 693. The highest BCUT2D eigenvalue weighted by molar-refractivity contribution is 14.0. The van der Waals surface area contributed by atoms with Crippen LogP contribution < -0.4 is 20.1 Å². The minimum absolute atomic E-state index is 0. The zero-order valence-corrected chi connectivity index (χ0v) is 17.6. The van der Waals surface area contributed by atoms with Crippen molar-refractivity contribution in [1.82, 2.24) is 10.6 Å². The zero-order chi connectivity index (χ0) is 17.4. The van der Waals surface area contributed by atoms with Crippen molar-refractivity contribution in [3.05, 3.63) is 58.6 Å². The molecule has 0 radical (unpaired) electrons. The Labute approximate surface area is 170 Å². The average molecular weight is 476 g/mol. The number of ether oxygens (including phenoxy) is 2. The van der Waals surface area contributed by atoms with Crippen LogP contribution in [0.4, 0.5) is 0 Å². The van der Waals surface area contributed by atoms with Gasteiger partial charge in [0.2, 0.25) is 0 Å². The lowest BCUT2D eigenvalue weighted by atomic mass is 10.2. The van der Waals surface area contributed by atoms with Gasteiger partial charge in [-0.25, -0.2) is 0 Å². The van der Waals surface area contributed by atoms with E-state index in [4.69, 9.17) is 21.1 Å². The molecule has 2 N–H and O–H groups in total. The Morgan fingerprint density at radius 1 is 0.920 bits per heavy atom. The Morgan fingerprint density at radius 2 is 1.48 bits per heavy atom. The molecule has 0 heterocycles. The third-order valence-corrected chi connectivity index (χ3v) is 3.76. The summed E-state index contributed by atoms with van der Waals surface area (Å²) >= 11 is 5.89. The predicted molar refractivity (Wildman–Crippen MR) is 113 cm³/mol. The van der Waals surface area contributed by atoms with Crippen LogP contribution in [-0.4, -0.2) is 27.2 Å². The standard InChI is InChI=1S/C18H22ClN3O2.HI/c1-20-18(21-11-13-4-7-15(19)8-5-13)22-12-14-6-9-16(23-2)17(10-14)24-3;/h4-10H,11-12H2,1-3H3,(H2,20,21,22);1H. The van der Waals surface area contributed by atoms with Gasteiger partial charge in [-0.05, 0) is 35.4 Å². The molecule has 0 saturated heterocycles. The summed E-state index contributed by atoms with van der Waals surface area (Å²) in [5, 5.41) is 7.27. The molecule has 0 aliphatic heterocycles. The van der Waals surface area contributed by atoms with Gasteiger partial charge in [0, 0.05) is 25.2 Å². The van der Waals surface area contributed by atoms with E-state index in [2.05, 4.69) is 15.6 Å². The monoisotopic (exact) mass is 475 g/mol. The van der Waals surface area contributed by atoms with E-state index in [1.807, 2.05) is 42.5 Å². The molecule has 0 saturated carbocycles. The van der Waals surface area contributed by atoms with E-state index >= 15 is 0 Å². The molecule has 5 nitrogen and oxygen atoms in total. The molecule has 2 aromatic carbocycles. The summed E-state index contributed by atoms with van der Waals surface area (Å²) in [7, 11) is 4.99. The lowest BCUT2D eigenvalue weighted by molar-refractivity contribution is 0.354. The van der Waals surface area contributed by atoms with E-state index in [9.17, 15) is 0 Å². The van der Waals surface area contributed by atoms with Gasteiger partial charge in [0.25, 0.3) is 0 Å². The first-order valence-corrected chi connectivity index (χ1v) is 7.94. The van der Waals surface area contributed by atoms with Gasteiger partial charge in [-0.2, -0.15) is 0 Å². The van der Waals surface area contributed by atoms with Gasteiger partial charge in [-0.3, -0.25) is 4.99 Å². The molecule has 136 valence electrons. The highest BCUT2D eigenvalue weighted by Crippen LogP contribution is 2.27. The van der Waals surface area contributed by atoms with Crippen molar-refractivity contribution in [2.75, 3.05) is 21.3 Å². The number of halogens is 2. The Morgan fingerprint density at radius 3 is 2.04 bits per heavy atom. The molecule has 0 aliphatic carbocycles. The maximum atomic E-state index is 5.89. The van der Waals surface area contributed by atoms with Gasteiger partial charge in [0.05, 0.1) is 14.2 Å². The van der Waals surface area contributed by atoms with Crippen LogP contribution >= 0.6 is 35.6 Å². The van der Waals surface area contributed by atoms with Gasteiger partial charge in [-0.1, -0.05) is 29.8 Å². The van der Waals surface area contributed by atoms with Gasteiger partial charge < -0.3 is 20.1 Å². The average Bonchev–Trinajstić information content (AvgIpc) is 2.63. The second-order valence-corrected chi connectivity index (χ2v) is 5.53. The molecule has 7 heteroatoms. The lowest BCUT2D eigenvalue weighted by Crippen LogP contribution is -2.36. The summed E-state index contributed by atoms with van der Waals surface area (Å²) in [6.45, 7) is 1.30. The maximum absolute atomic E-state index is 5.89. The molecule has 25 heavy (non-hydrogen) atoms. The fourth-order valence-electron chi connectivity index (χ4n) is 2.19. The number of benzene rings is 2. The van der Waals surface area contributed by atoms with Gasteiger partial charge in [0.15, 0.2) is 17.5 Å². The topological polar surface area (TPSA) is 54.9 Å². The number of hydrogen-bond acceptors (Lipinski definition) is 3. The summed E-state index contributed by atoms with van der Waals surface area (Å²) in [6, 6.07) is 13.5. The molecular formula is C18H23ClIN3O2. The van der Waals surface area contributed by atoms with Crippen LogP contribution in [-0.2, 0) is 13.1 Å². The van der Waals surface area contributed by atoms with Crippen LogP contribution in [0.3, 0.4) is 0 Å². The second kappa shape index (κ2) is 11.0. The summed E-state index contributed by atoms with van der Waals surface area (Å²) in [5.41, 5.74) is 2.20. The molecule has 2 rings (SSSR count). The molecule has 2 aromatic rings. The van der Waals surface area contributed by atoms with E-state index in [1.165, 1.54) is 0 Å². The number of guanidine groups is 1. The molecule has 0 spiro atoms. The summed E-state index contributed by atoms with van der Waals surface area (Å²) in [4.78, 5) is 4.22. The smallest absolute Gasteiger partial charge is 0.191 e. The van der Waals surface area contributed by atoms with Crippen molar-refractivity contribution in [2.24, 2.45) is 4.99 Å². The highest BCUT2D eigenvalue weighted by atomic mass is 127. The number of nitrogens with one attached hydrogen (secondary N) is 2. The third kappa shape index (κ3) is 6.62. The van der Waals surface area contributed by atoms with Crippen molar-refractivity contribution in [1.29, 1.82) is 0 Å². The highest BCUT2D eigenvalue weighted by Gasteiger charge is 2.05. The molecule has 0 bridgehead atoms. The van der Waals surface area contributed by atoms with Gasteiger partial charge in [-0.15, -0.1) is 24.0 Å². The van der Waals surface area contributed by atoms with Crippen LogP contribution in [0.5, 0.6) is 11.5 Å². The van der Waals surface area contributed by atoms with Crippen LogP contribution in [0.25, 0.3) is 0 Å². The quantitative estimate of drug-likeness (QED) is 0.379. The summed E-state index contributed by atoms with van der Waals surface area (Å²) < 4.78 is 10.6. The first-order valence-electron chi connectivity index (χ1n) is 7.56. The number of nitrogens with zero attached hydrogens (tertiary/aromatic N) is 1. The Kier molecular flexibility index (Phi) is 9.44. The van der Waals surface area contributed by atoms with Crippen molar-refractivity contribution in [3.63, 3.8) is 0 Å². The van der Waals surface area contributed by atoms with Crippen LogP contribution in [0.1, 0.15) is 11.1 Å². The van der Waals surface area contributed by atoms with E-state index < -0.39 is 0 Å². The van der Waals surface area contributed by atoms with Crippen molar-refractivity contribution < 1.29 is 9.47 Å². The van der Waals surface area contributed by atoms with Crippen molar-refractivity contribution in [2.45, 2.75) is 13.1 Å². The van der Waals surface area contributed by atoms with Crippen LogP contribution in [0.2, 0.25) is 5.02 Å². The normalized spacial score (nSPS) is 10.6. The minimum Gasteiger partial charge on any atom is -0.493 e. The fraction of sp³-hybridized carbons (Fsp3) is 0.278. The van der Waals surface area contributed by atoms with E-state index in [0.717, 1.165) is 22.1 Å². The molecule has 0 fully saturated rings. The van der Waals surface area contributed by atoms with Crippen molar-refractivity contribution >= 4 is 41.5 Å². The number of rotatable bonds is 6. The third-order valence-electron chi connectivity index (χ3n) is 3.50. The summed E-state index contributed by atoms with van der Waals surface area (Å²) in [5.74, 6) is 2.15. The lowest BCUT2D eigenvalue weighted by Gasteiger charge is -2.13. The first-order chi connectivity index (χ1) is 11.7. The van der Waals surface area contributed by atoms with Crippen LogP contribution in [0, 0.1) is 0 Å². The zero-order valence-electron chi connectivity index (χ0n) is 14.5. The van der Waals surface area contributed by atoms with E-state index in [0.29, 0.717) is 24.6 Å². The largest absolute Gasteiger partial charge is 0.493 e. The first kappa shape index (κ1) is 21.4. The Hall–Kier alpha value is -1.67. The minimum atomic E-state index is 0. The molecule has 0 unspecified atom stereocenters. The fourth-order valence-corrected chi connectivity index (χ4v) is 2.31. The second-order valence-electron chi connectivity index (χ2n) is 5.10. The molecule has 0 aromatic heterocycles. The summed E-state index contributed by atoms with van der Waals surface area (Å²) in [6.07, 6.45) is 0. The number of aliphatic imine (C=N–C) groups is 1. The number of hydrogen-bond donors (Lipinski definition) is 2. The van der Waals surface area contributed by atoms with Crippen molar-refractivity contribution in [3.8, 4) is 11.5 Å². The van der Waals surface area contributed by atoms with Gasteiger partial charge >= 0.3 is 0 Å². The van der Waals surface area contributed by atoms with Gasteiger partial charge in [0.1, 0.15) is 0 Å². The van der Waals surface area contributed by atoms with Crippen LogP contribution in [0.15, 0.2) is 47.5 Å². The maximum Gasteiger partial charge on any atom is 0.191 e. The molecular weight excluding hydrogens is 453 g/mol. The predicted octanol–water partition coefficient (Wildman–Crippen LogP) is 3.84. The van der Waals surface area contributed by atoms with E-state index in [-0.39, 0.29) is 24.0 Å². The molecule has 0 aliphatic rings.